The second-order valence-corrected chi connectivity index (χ2v) is 3.45. The Morgan fingerprint density at radius 1 is 1.53 bits per heavy atom. The number of anilines is 1. The molecule has 0 amide bonds. The molecule has 2 rings (SSSR count). The van der Waals surface area contributed by atoms with E-state index in [1.165, 1.54) is 0 Å². The Bertz CT molecular complexity index is 417. The van der Waals surface area contributed by atoms with Crippen molar-refractivity contribution in [3.05, 3.63) is 36.0 Å². The van der Waals surface area contributed by atoms with Crippen LogP contribution in [0.15, 0.2) is 29.0 Å². The molecule has 0 bridgehead atoms. The third-order valence-electron chi connectivity index (χ3n) is 2.27. The fourth-order valence-electron chi connectivity index (χ4n) is 1.54. The number of hydrogen-bond donors (Lipinski definition) is 1. The molecule has 0 radical (unpaired) electrons. The fourth-order valence-corrected chi connectivity index (χ4v) is 1.54. The minimum Gasteiger partial charge on any atom is -0.467 e. The van der Waals surface area contributed by atoms with Crippen molar-refractivity contribution in [1.82, 2.24) is 9.78 Å². The fraction of sp³-hybridized carbons (Fsp3) is 0.364. The van der Waals surface area contributed by atoms with Crippen LogP contribution >= 0.6 is 0 Å². The van der Waals surface area contributed by atoms with E-state index in [1.54, 1.807) is 6.26 Å². The largest absolute Gasteiger partial charge is 0.467 e. The minimum absolute atomic E-state index is 0.700. The maximum atomic E-state index is 5.25. The third-order valence-corrected chi connectivity index (χ3v) is 2.27. The topological polar surface area (TPSA) is 43.0 Å². The molecular weight excluding hydrogens is 190 g/mol. The first-order valence-electron chi connectivity index (χ1n) is 5.08. The second kappa shape index (κ2) is 4.21. The molecule has 2 aromatic heterocycles. The minimum atomic E-state index is 0.700. The normalized spacial score (nSPS) is 10.5. The summed E-state index contributed by atoms with van der Waals surface area (Å²) in [5.74, 6) is 0.931. The Morgan fingerprint density at radius 3 is 3.07 bits per heavy atom. The van der Waals surface area contributed by atoms with Crippen LogP contribution in [-0.4, -0.2) is 9.78 Å². The summed E-state index contributed by atoms with van der Waals surface area (Å²) in [6, 6.07) is 3.84. The Morgan fingerprint density at radius 2 is 2.40 bits per heavy atom. The maximum absolute atomic E-state index is 5.25. The predicted molar refractivity (Wildman–Crippen MR) is 58.6 cm³/mol. The average molecular weight is 205 g/mol. The van der Waals surface area contributed by atoms with Gasteiger partial charge in [0.1, 0.15) is 5.76 Å². The van der Waals surface area contributed by atoms with Crippen molar-refractivity contribution in [2.24, 2.45) is 7.05 Å². The molecule has 0 unspecified atom stereocenters. The zero-order valence-electron chi connectivity index (χ0n) is 9.03. The van der Waals surface area contributed by atoms with Gasteiger partial charge in [0, 0.05) is 13.2 Å². The molecule has 0 aliphatic rings. The zero-order valence-corrected chi connectivity index (χ0v) is 9.03. The lowest BCUT2D eigenvalue weighted by Gasteiger charge is -2.02. The van der Waals surface area contributed by atoms with Crippen LogP contribution in [0, 0.1) is 0 Å². The number of aromatic nitrogens is 2. The van der Waals surface area contributed by atoms with Crippen molar-refractivity contribution < 1.29 is 4.42 Å². The molecule has 80 valence electrons. The Labute approximate surface area is 88.9 Å². The molecule has 0 fully saturated rings. The van der Waals surface area contributed by atoms with Gasteiger partial charge in [-0.05, 0) is 18.6 Å². The van der Waals surface area contributed by atoms with E-state index in [0.717, 1.165) is 23.6 Å². The average Bonchev–Trinajstić information content (AvgIpc) is 2.83. The van der Waals surface area contributed by atoms with Gasteiger partial charge in [0.15, 0.2) is 0 Å². The van der Waals surface area contributed by atoms with Crippen molar-refractivity contribution >= 4 is 5.69 Å². The van der Waals surface area contributed by atoms with Crippen molar-refractivity contribution in [3.63, 3.8) is 0 Å². The van der Waals surface area contributed by atoms with E-state index in [2.05, 4.69) is 17.3 Å². The van der Waals surface area contributed by atoms with Gasteiger partial charge in [-0.2, -0.15) is 5.10 Å². The number of aryl methyl sites for hydroxylation is 2. The lowest BCUT2D eigenvalue weighted by atomic mass is 10.3. The van der Waals surface area contributed by atoms with Crippen LogP contribution in [0.1, 0.15) is 18.4 Å². The van der Waals surface area contributed by atoms with Gasteiger partial charge in [-0.1, -0.05) is 6.92 Å². The summed E-state index contributed by atoms with van der Waals surface area (Å²) in [6.07, 6.45) is 4.60. The van der Waals surface area contributed by atoms with E-state index < -0.39 is 0 Å². The molecule has 0 saturated carbocycles. The predicted octanol–water partition coefficient (Wildman–Crippen LogP) is 2.19. The highest BCUT2D eigenvalue weighted by molar-refractivity contribution is 5.46. The molecule has 15 heavy (non-hydrogen) atoms. The quantitative estimate of drug-likeness (QED) is 0.832. The molecule has 2 aromatic rings. The summed E-state index contributed by atoms with van der Waals surface area (Å²) in [4.78, 5) is 0. The highest BCUT2D eigenvalue weighted by atomic mass is 16.3. The van der Waals surface area contributed by atoms with Crippen molar-refractivity contribution in [3.8, 4) is 0 Å². The maximum Gasteiger partial charge on any atom is 0.122 e. The summed E-state index contributed by atoms with van der Waals surface area (Å²) in [6.45, 7) is 2.80. The van der Waals surface area contributed by atoms with Gasteiger partial charge >= 0.3 is 0 Å². The lowest BCUT2D eigenvalue weighted by molar-refractivity contribution is 0.518. The van der Waals surface area contributed by atoms with Crippen LogP contribution in [0.5, 0.6) is 0 Å². The molecule has 0 spiro atoms. The van der Waals surface area contributed by atoms with E-state index in [4.69, 9.17) is 4.42 Å². The van der Waals surface area contributed by atoms with E-state index in [-0.39, 0.29) is 0 Å². The zero-order chi connectivity index (χ0) is 10.7. The molecule has 0 aliphatic heterocycles. The number of hydrogen-bond acceptors (Lipinski definition) is 3. The summed E-state index contributed by atoms with van der Waals surface area (Å²) in [5, 5.41) is 7.66. The second-order valence-electron chi connectivity index (χ2n) is 3.45. The van der Waals surface area contributed by atoms with Gasteiger partial charge < -0.3 is 9.73 Å². The highest BCUT2D eigenvalue weighted by Crippen LogP contribution is 2.14. The summed E-state index contributed by atoms with van der Waals surface area (Å²) < 4.78 is 7.07. The van der Waals surface area contributed by atoms with Gasteiger partial charge in [-0.25, -0.2) is 0 Å². The van der Waals surface area contributed by atoms with Crippen LogP contribution in [0.4, 0.5) is 5.69 Å². The first-order chi connectivity index (χ1) is 7.29. The molecule has 4 heteroatoms. The lowest BCUT2D eigenvalue weighted by Crippen LogP contribution is -1.99. The molecule has 0 saturated heterocycles. The van der Waals surface area contributed by atoms with E-state index >= 15 is 0 Å². The van der Waals surface area contributed by atoms with E-state index in [0.29, 0.717) is 6.54 Å². The Balaban J connectivity index is 2.04. The van der Waals surface area contributed by atoms with Crippen LogP contribution < -0.4 is 5.32 Å². The summed E-state index contributed by atoms with van der Waals surface area (Å²) in [5.41, 5.74) is 2.17. The standard InChI is InChI=1S/C11H15N3O/c1-3-10-11(8-14(2)13-10)12-7-9-5-4-6-15-9/h4-6,8,12H,3,7H2,1-2H3. The summed E-state index contributed by atoms with van der Waals surface area (Å²) in [7, 11) is 1.93. The molecule has 4 nitrogen and oxygen atoms in total. The number of rotatable bonds is 4. The first kappa shape index (κ1) is 9.83. The van der Waals surface area contributed by atoms with Gasteiger partial charge in [-0.3, -0.25) is 4.68 Å². The monoisotopic (exact) mass is 205 g/mol. The Kier molecular flexibility index (Phi) is 2.76. The first-order valence-corrected chi connectivity index (χ1v) is 5.08. The van der Waals surface area contributed by atoms with Crippen LogP contribution in [0.25, 0.3) is 0 Å². The SMILES string of the molecule is CCc1nn(C)cc1NCc1ccco1. The van der Waals surface area contributed by atoms with Crippen LogP contribution in [-0.2, 0) is 20.0 Å². The smallest absolute Gasteiger partial charge is 0.122 e. The van der Waals surface area contributed by atoms with Gasteiger partial charge in [-0.15, -0.1) is 0 Å². The number of furan rings is 1. The molecular formula is C11H15N3O. The van der Waals surface area contributed by atoms with Crippen molar-refractivity contribution in [1.29, 1.82) is 0 Å². The van der Waals surface area contributed by atoms with Gasteiger partial charge in [0.05, 0.1) is 24.2 Å². The number of nitrogens with one attached hydrogen (secondary N) is 1. The van der Waals surface area contributed by atoms with E-state index in [1.807, 2.05) is 30.1 Å². The van der Waals surface area contributed by atoms with Crippen molar-refractivity contribution in [2.45, 2.75) is 19.9 Å². The van der Waals surface area contributed by atoms with E-state index in [9.17, 15) is 0 Å². The van der Waals surface area contributed by atoms with Gasteiger partial charge in [0.25, 0.3) is 0 Å². The van der Waals surface area contributed by atoms with Crippen LogP contribution in [0.2, 0.25) is 0 Å². The number of nitrogens with zero attached hydrogens (tertiary/aromatic N) is 2. The molecule has 0 atom stereocenters. The Hall–Kier alpha value is -1.71. The third kappa shape index (κ3) is 2.21. The molecule has 2 heterocycles. The van der Waals surface area contributed by atoms with Crippen molar-refractivity contribution in [2.75, 3.05) is 5.32 Å². The summed E-state index contributed by atoms with van der Waals surface area (Å²) >= 11 is 0. The van der Waals surface area contributed by atoms with Crippen LogP contribution in [0.3, 0.4) is 0 Å². The molecule has 0 aliphatic carbocycles. The molecule has 0 aromatic carbocycles. The van der Waals surface area contributed by atoms with Gasteiger partial charge in [0.2, 0.25) is 0 Å². The highest BCUT2D eigenvalue weighted by Gasteiger charge is 2.05. The molecule has 1 N–H and O–H groups in total.